The quantitative estimate of drug-likeness (QED) is 0.548. The standard InChI is InChI=1S/C17H22N2O2/c20-13-11-18-17(19-12-14-21,15-7-3-1-4-8-15)16-9-5-2-6-10-16/h1-10,18-21H,11-14H2. The fourth-order valence-corrected chi connectivity index (χ4v) is 2.50. The molecule has 0 spiro atoms. The molecule has 4 heteroatoms. The van der Waals surface area contributed by atoms with Gasteiger partial charge in [0.15, 0.2) is 0 Å². The molecule has 4 nitrogen and oxygen atoms in total. The highest BCUT2D eigenvalue weighted by Crippen LogP contribution is 2.26. The summed E-state index contributed by atoms with van der Waals surface area (Å²) in [5.41, 5.74) is 1.45. The van der Waals surface area contributed by atoms with Gasteiger partial charge in [-0.25, -0.2) is 0 Å². The molecule has 0 bridgehead atoms. The van der Waals surface area contributed by atoms with E-state index in [2.05, 4.69) is 10.6 Å². The van der Waals surface area contributed by atoms with Gasteiger partial charge < -0.3 is 10.2 Å². The average Bonchev–Trinajstić information content (AvgIpc) is 2.57. The molecule has 0 aliphatic carbocycles. The molecule has 0 amide bonds. The second kappa shape index (κ2) is 7.90. The van der Waals surface area contributed by atoms with Crippen molar-refractivity contribution >= 4 is 0 Å². The Labute approximate surface area is 125 Å². The number of benzene rings is 2. The van der Waals surface area contributed by atoms with Crippen LogP contribution < -0.4 is 10.6 Å². The normalized spacial score (nSPS) is 11.5. The molecule has 2 rings (SSSR count). The summed E-state index contributed by atoms with van der Waals surface area (Å²) >= 11 is 0. The Hall–Kier alpha value is -1.72. The minimum absolute atomic E-state index is 0.0439. The van der Waals surface area contributed by atoms with E-state index >= 15 is 0 Å². The molecular formula is C17H22N2O2. The van der Waals surface area contributed by atoms with E-state index in [1.165, 1.54) is 0 Å². The van der Waals surface area contributed by atoms with Crippen molar-refractivity contribution in [2.45, 2.75) is 5.66 Å². The van der Waals surface area contributed by atoms with Crippen molar-refractivity contribution in [1.29, 1.82) is 0 Å². The number of aliphatic hydroxyl groups is 2. The van der Waals surface area contributed by atoms with Crippen LogP contribution >= 0.6 is 0 Å². The summed E-state index contributed by atoms with van der Waals surface area (Å²) in [6, 6.07) is 20.0. The van der Waals surface area contributed by atoms with Gasteiger partial charge in [-0.2, -0.15) is 0 Å². The van der Waals surface area contributed by atoms with Crippen molar-refractivity contribution in [3.63, 3.8) is 0 Å². The molecular weight excluding hydrogens is 264 g/mol. The Morgan fingerprint density at radius 2 is 1.05 bits per heavy atom. The van der Waals surface area contributed by atoms with E-state index < -0.39 is 5.66 Å². The highest BCUT2D eigenvalue weighted by molar-refractivity contribution is 5.37. The third-order valence-corrected chi connectivity index (χ3v) is 3.42. The minimum atomic E-state index is -0.631. The Kier molecular flexibility index (Phi) is 5.90. The second-order valence-corrected chi connectivity index (χ2v) is 4.78. The number of hydrogen-bond acceptors (Lipinski definition) is 4. The van der Waals surface area contributed by atoms with Gasteiger partial charge in [-0.15, -0.1) is 0 Å². The first kappa shape index (κ1) is 15.7. The van der Waals surface area contributed by atoms with E-state index in [0.29, 0.717) is 13.1 Å². The van der Waals surface area contributed by atoms with Crippen molar-refractivity contribution in [3.8, 4) is 0 Å². The maximum absolute atomic E-state index is 9.21. The fraction of sp³-hybridized carbons (Fsp3) is 0.294. The lowest BCUT2D eigenvalue weighted by Gasteiger charge is -2.37. The lowest BCUT2D eigenvalue weighted by molar-refractivity contribution is 0.225. The average molecular weight is 286 g/mol. The molecule has 0 aliphatic rings. The molecule has 0 aromatic heterocycles. The Morgan fingerprint density at radius 1 is 0.667 bits per heavy atom. The molecule has 0 saturated carbocycles. The first-order valence-electron chi connectivity index (χ1n) is 7.16. The summed E-state index contributed by atoms with van der Waals surface area (Å²) in [4.78, 5) is 0. The van der Waals surface area contributed by atoms with Crippen molar-refractivity contribution in [2.75, 3.05) is 26.3 Å². The predicted molar refractivity (Wildman–Crippen MR) is 83.8 cm³/mol. The first-order chi connectivity index (χ1) is 10.3. The van der Waals surface area contributed by atoms with Gasteiger partial charge >= 0.3 is 0 Å². The van der Waals surface area contributed by atoms with E-state index in [4.69, 9.17) is 0 Å². The Bertz CT molecular complexity index is 467. The van der Waals surface area contributed by atoms with E-state index in [1.807, 2.05) is 60.7 Å². The molecule has 0 fully saturated rings. The molecule has 2 aromatic carbocycles. The van der Waals surface area contributed by atoms with Crippen LogP contribution in [-0.4, -0.2) is 36.5 Å². The van der Waals surface area contributed by atoms with E-state index in [-0.39, 0.29) is 13.2 Å². The molecule has 0 saturated heterocycles. The third-order valence-electron chi connectivity index (χ3n) is 3.42. The Balaban J connectivity index is 2.48. The van der Waals surface area contributed by atoms with Crippen LogP contribution in [0.3, 0.4) is 0 Å². The fourth-order valence-electron chi connectivity index (χ4n) is 2.50. The maximum Gasteiger partial charge on any atom is 0.121 e. The molecule has 0 atom stereocenters. The van der Waals surface area contributed by atoms with Crippen molar-refractivity contribution in [1.82, 2.24) is 10.6 Å². The van der Waals surface area contributed by atoms with Gasteiger partial charge in [0.1, 0.15) is 5.66 Å². The lowest BCUT2D eigenvalue weighted by Crippen LogP contribution is -2.56. The monoisotopic (exact) mass is 286 g/mol. The molecule has 2 aromatic rings. The highest BCUT2D eigenvalue weighted by Gasteiger charge is 2.32. The smallest absolute Gasteiger partial charge is 0.121 e. The third kappa shape index (κ3) is 3.68. The van der Waals surface area contributed by atoms with Gasteiger partial charge in [-0.05, 0) is 11.1 Å². The summed E-state index contributed by atoms with van der Waals surface area (Å²) in [6.07, 6.45) is 0. The number of nitrogens with one attached hydrogen (secondary N) is 2. The molecule has 0 radical (unpaired) electrons. The van der Waals surface area contributed by atoms with Gasteiger partial charge in [0.25, 0.3) is 0 Å². The van der Waals surface area contributed by atoms with Gasteiger partial charge in [0, 0.05) is 13.1 Å². The van der Waals surface area contributed by atoms with Crippen LogP contribution in [0.25, 0.3) is 0 Å². The molecule has 4 N–H and O–H groups in total. The van der Waals surface area contributed by atoms with Crippen LogP contribution in [0.1, 0.15) is 11.1 Å². The van der Waals surface area contributed by atoms with E-state index in [0.717, 1.165) is 11.1 Å². The molecule has 0 aliphatic heterocycles. The molecule has 0 unspecified atom stereocenters. The Morgan fingerprint density at radius 3 is 1.38 bits per heavy atom. The van der Waals surface area contributed by atoms with E-state index in [9.17, 15) is 10.2 Å². The maximum atomic E-state index is 9.21. The van der Waals surface area contributed by atoms with Crippen LogP contribution in [0.2, 0.25) is 0 Å². The van der Waals surface area contributed by atoms with Crippen molar-refractivity contribution in [2.24, 2.45) is 0 Å². The second-order valence-electron chi connectivity index (χ2n) is 4.78. The zero-order chi connectivity index (χ0) is 15.0. The number of rotatable bonds is 8. The summed E-state index contributed by atoms with van der Waals surface area (Å²) in [5.74, 6) is 0. The molecule has 112 valence electrons. The van der Waals surface area contributed by atoms with Crippen LogP contribution in [0.15, 0.2) is 60.7 Å². The summed E-state index contributed by atoms with van der Waals surface area (Å²) < 4.78 is 0. The zero-order valence-corrected chi connectivity index (χ0v) is 12.0. The summed E-state index contributed by atoms with van der Waals surface area (Å²) in [6.45, 7) is 0.981. The highest BCUT2D eigenvalue weighted by atomic mass is 16.3. The van der Waals surface area contributed by atoms with Crippen LogP contribution in [0.5, 0.6) is 0 Å². The van der Waals surface area contributed by atoms with E-state index in [1.54, 1.807) is 0 Å². The summed E-state index contributed by atoms with van der Waals surface area (Å²) in [7, 11) is 0. The van der Waals surface area contributed by atoms with Crippen molar-refractivity contribution in [3.05, 3.63) is 71.8 Å². The lowest BCUT2D eigenvalue weighted by atomic mass is 9.90. The van der Waals surface area contributed by atoms with Crippen LogP contribution in [0.4, 0.5) is 0 Å². The molecule has 0 heterocycles. The van der Waals surface area contributed by atoms with Gasteiger partial charge in [-0.1, -0.05) is 60.7 Å². The van der Waals surface area contributed by atoms with Crippen LogP contribution in [0, 0.1) is 0 Å². The van der Waals surface area contributed by atoms with Gasteiger partial charge in [-0.3, -0.25) is 10.6 Å². The number of hydrogen-bond donors (Lipinski definition) is 4. The first-order valence-corrected chi connectivity index (χ1v) is 7.16. The van der Waals surface area contributed by atoms with Gasteiger partial charge in [0.2, 0.25) is 0 Å². The van der Waals surface area contributed by atoms with Crippen molar-refractivity contribution < 1.29 is 10.2 Å². The van der Waals surface area contributed by atoms with Crippen LogP contribution in [-0.2, 0) is 5.66 Å². The zero-order valence-electron chi connectivity index (χ0n) is 12.0. The number of aliphatic hydroxyl groups excluding tert-OH is 2. The summed E-state index contributed by atoms with van der Waals surface area (Å²) in [5, 5.41) is 25.2. The van der Waals surface area contributed by atoms with Gasteiger partial charge in [0.05, 0.1) is 13.2 Å². The minimum Gasteiger partial charge on any atom is -0.395 e. The predicted octanol–water partition coefficient (Wildman–Crippen LogP) is 1.05. The molecule has 21 heavy (non-hydrogen) atoms. The largest absolute Gasteiger partial charge is 0.395 e. The topological polar surface area (TPSA) is 64.5 Å². The SMILES string of the molecule is OCCNC(NCCO)(c1ccccc1)c1ccccc1.